The zero-order valence-electron chi connectivity index (χ0n) is 17.6. The van der Waals surface area contributed by atoms with E-state index >= 15 is 0 Å². The third-order valence-electron chi connectivity index (χ3n) is 6.71. The molecule has 3 N–H and O–H groups in total. The number of aliphatic hydroxyl groups is 2. The number of hydrogen-bond acceptors (Lipinski definition) is 4. The van der Waals surface area contributed by atoms with E-state index in [2.05, 4.69) is 5.32 Å². The molecule has 6 heteroatoms. The van der Waals surface area contributed by atoms with Crippen LogP contribution < -0.4 is 5.32 Å². The fraction of sp³-hybridized carbons (Fsp3) is 0.148. The SMILES string of the molecule is O=C1Nc2cc(Cl)c(-c3ccc(C4(CO)CC4)cc3)cc2C1=C(O)c1cc2ccccc2o1. The molecule has 3 aromatic carbocycles. The van der Waals surface area contributed by atoms with Gasteiger partial charge >= 0.3 is 0 Å². The Morgan fingerprint density at radius 2 is 1.79 bits per heavy atom. The summed E-state index contributed by atoms with van der Waals surface area (Å²) in [7, 11) is 0. The standard InChI is InChI=1S/C27H20ClNO4/c28-20-13-21-19(12-18(20)15-5-7-17(8-6-15)27(14-30)9-10-27)24(26(32)29-21)25(31)23-11-16-3-1-2-4-22(16)33-23/h1-8,11-13,30-31H,9-10,14H2,(H,29,32). The van der Waals surface area contributed by atoms with Crippen LogP contribution in [-0.4, -0.2) is 22.7 Å². The van der Waals surface area contributed by atoms with Crippen LogP contribution in [0.2, 0.25) is 5.02 Å². The molecular formula is C27H20ClNO4. The fourth-order valence-corrected chi connectivity index (χ4v) is 4.83. The molecule has 33 heavy (non-hydrogen) atoms. The van der Waals surface area contributed by atoms with Crippen LogP contribution in [-0.2, 0) is 10.2 Å². The Kier molecular flexibility index (Phi) is 4.41. The average molecular weight is 458 g/mol. The first-order valence-corrected chi connectivity index (χ1v) is 11.2. The van der Waals surface area contributed by atoms with Crippen molar-refractivity contribution in [1.82, 2.24) is 0 Å². The molecule has 0 spiro atoms. The minimum absolute atomic E-state index is 0.106. The van der Waals surface area contributed by atoms with Crippen molar-refractivity contribution in [3.8, 4) is 11.1 Å². The summed E-state index contributed by atoms with van der Waals surface area (Å²) in [6, 6.07) is 20.7. The largest absolute Gasteiger partial charge is 0.504 e. The van der Waals surface area contributed by atoms with Gasteiger partial charge in [-0.1, -0.05) is 54.1 Å². The highest BCUT2D eigenvalue weighted by atomic mass is 35.5. The van der Waals surface area contributed by atoms with E-state index in [-0.39, 0.29) is 29.1 Å². The molecule has 164 valence electrons. The predicted octanol–water partition coefficient (Wildman–Crippen LogP) is 6.16. The summed E-state index contributed by atoms with van der Waals surface area (Å²) in [5.41, 5.74) is 4.54. The van der Waals surface area contributed by atoms with Crippen LogP contribution in [0, 0.1) is 0 Å². The Labute approximate surface area is 194 Å². The van der Waals surface area contributed by atoms with E-state index in [9.17, 15) is 15.0 Å². The van der Waals surface area contributed by atoms with Crippen molar-refractivity contribution >= 4 is 45.5 Å². The number of aliphatic hydroxyl groups excluding tert-OH is 2. The maximum atomic E-state index is 12.8. The number of anilines is 1. The van der Waals surface area contributed by atoms with Crippen LogP contribution in [0.25, 0.3) is 33.4 Å². The summed E-state index contributed by atoms with van der Waals surface area (Å²) >= 11 is 6.57. The van der Waals surface area contributed by atoms with Crippen molar-refractivity contribution in [2.24, 2.45) is 0 Å². The molecule has 0 bridgehead atoms. The minimum Gasteiger partial charge on any atom is -0.504 e. The van der Waals surface area contributed by atoms with Crippen molar-refractivity contribution in [3.05, 3.63) is 88.6 Å². The quantitative estimate of drug-likeness (QED) is 0.253. The average Bonchev–Trinajstić information content (AvgIpc) is 3.40. The van der Waals surface area contributed by atoms with E-state index < -0.39 is 5.91 Å². The first kappa shape index (κ1) is 20.1. The molecule has 1 fully saturated rings. The lowest BCUT2D eigenvalue weighted by Crippen LogP contribution is -2.11. The predicted molar refractivity (Wildman–Crippen MR) is 129 cm³/mol. The zero-order valence-corrected chi connectivity index (χ0v) is 18.3. The van der Waals surface area contributed by atoms with Crippen LogP contribution in [0.5, 0.6) is 0 Å². The van der Waals surface area contributed by atoms with Crippen molar-refractivity contribution in [3.63, 3.8) is 0 Å². The van der Waals surface area contributed by atoms with Gasteiger partial charge < -0.3 is 19.9 Å². The van der Waals surface area contributed by atoms with E-state index in [0.29, 0.717) is 21.9 Å². The molecular weight excluding hydrogens is 438 g/mol. The van der Waals surface area contributed by atoms with Gasteiger partial charge in [-0.3, -0.25) is 4.79 Å². The molecule has 5 nitrogen and oxygen atoms in total. The summed E-state index contributed by atoms with van der Waals surface area (Å²) in [6.07, 6.45) is 1.98. The maximum absolute atomic E-state index is 12.8. The van der Waals surface area contributed by atoms with Gasteiger partial charge in [-0.05, 0) is 48.2 Å². The first-order chi connectivity index (χ1) is 16.0. The molecule has 6 rings (SSSR count). The fourth-order valence-electron chi connectivity index (χ4n) is 4.56. The summed E-state index contributed by atoms with van der Waals surface area (Å²) < 4.78 is 5.77. The molecule has 0 saturated heterocycles. The van der Waals surface area contributed by atoms with Gasteiger partial charge in [0.1, 0.15) is 5.58 Å². The minimum atomic E-state index is -0.412. The van der Waals surface area contributed by atoms with Gasteiger partial charge in [0, 0.05) is 21.9 Å². The number of amides is 1. The number of para-hydroxylation sites is 1. The van der Waals surface area contributed by atoms with Crippen LogP contribution in [0.4, 0.5) is 5.69 Å². The van der Waals surface area contributed by atoms with Crippen molar-refractivity contribution < 1.29 is 19.4 Å². The Morgan fingerprint density at radius 1 is 1.03 bits per heavy atom. The Morgan fingerprint density at radius 3 is 2.48 bits per heavy atom. The first-order valence-electron chi connectivity index (χ1n) is 10.8. The van der Waals surface area contributed by atoms with Gasteiger partial charge in [0.25, 0.3) is 5.91 Å². The number of fused-ring (bicyclic) bond motifs is 2. The van der Waals surface area contributed by atoms with E-state index in [4.69, 9.17) is 16.0 Å². The van der Waals surface area contributed by atoms with Gasteiger partial charge in [0.05, 0.1) is 22.9 Å². The van der Waals surface area contributed by atoms with E-state index in [1.165, 1.54) is 0 Å². The summed E-state index contributed by atoms with van der Waals surface area (Å²) in [5, 5.41) is 24.8. The molecule has 4 aromatic rings. The third-order valence-corrected chi connectivity index (χ3v) is 7.02. The number of carbonyl (C=O) groups is 1. The second kappa shape index (κ2) is 7.24. The highest BCUT2D eigenvalue weighted by Gasteiger charge is 2.43. The van der Waals surface area contributed by atoms with Crippen molar-refractivity contribution in [2.75, 3.05) is 11.9 Å². The van der Waals surface area contributed by atoms with Crippen molar-refractivity contribution in [1.29, 1.82) is 0 Å². The lowest BCUT2D eigenvalue weighted by molar-refractivity contribution is -0.110. The topological polar surface area (TPSA) is 82.7 Å². The maximum Gasteiger partial charge on any atom is 0.260 e. The second-order valence-corrected chi connectivity index (χ2v) is 9.13. The summed E-state index contributed by atoms with van der Waals surface area (Å²) in [4.78, 5) is 12.8. The second-order valence-electron chi connectivity index (χ2n) is 8.72. The number of rotatable bonds is 4. The number of benzene rings is 3. The number of furan rings is 1. The summed E-state index contributed by atoms with van der Waals surface area (Å²) in [5.74, 6) is -0.399. The third kappa shape index (κ3) is 3.16. The Bertz CT molecular complexity index is 1430. The monoisotopic (exact) mass is 457 g/mol. The van der Waals surface area contributed by atoms with Crippen LogP contribution >= 0.6 is 11.6 Å². The lowest BCUT2D eigenvalue weighted by atomic mass is 9.93. The van der Waals surface area contributed by atoms with Crippen LogP contribution in [0.3, 0.4) is 0 Å². The lowest BCUT2D eigenvalue weighted by Gasteiger charge is -2.14. The number of nitrogens with one attached hydrogen (secondary N) is 1. The molecule has 1 aliphatic carbocycles. The van der Waals surface area contributed by atoms with Gasteiger partial charge in [0.2, 0.25) is 0 Å². The van der Waals surface area contributed by atoms with Gasteiger partial charge in [-0.15, -0.1) is 0 Å². The van der Waals surface area contributed by atoms with Crippen molar-refractivity contribution in [2.45, 2.75) is 18.3 Å². The molecule has 1 saturated carbocycles. The highest BCUT2D eigenvalue weighted by Crippen LogP contribution is 2.48. The molecule has 1 aliphatic heterocycles. The Balaban J connectivity index is 1.44. The number of carbonyl (C=O) groups excluding carboxylic acids is 1. The zero-order chi connectivity index (χ0) is 22.7. The Hall–Kier alpha value is -3.54. The van der Waals surface area contributed by atoms with Crippen LogP contribution in [0.1, 0.15) is 29.7 Å². The normalized spacial score (nSPS) is 17.7. The van der Waals surface area contributed by atoms with Gasteiger partial charge in [-0.25, -0.2) is 0 Å². The van der Waals surface area contributed by atoms with Gasteiger partial charge in [-0.2, -0.15) is 0 Å². The van der Waals surface area contributed by atoms with E-state index in [1.807, 2.05) is 54.6 Å². The van der Waals surface area contributed by atoms with Crippen LogP contribution in [0.15, 0.2) is 71.1 Å². The van der Waals surface area contributed by atoms with E-state index in [0.717, 1.165) is 34.9 Å². The number of hydrogen-bond donors (Lipinski definition) is 3. The number of halogens is 1. The summed E-state index contributed by atoms with van der Waals surface area (Å²) in [6.45, 7) is 0.148. The van der Waals surface area contributed by atoms with Gasteiger partial charge in [0.15, 0.2) is 11.5 Å². The molecule has 0 unspecified atom stereocenters. The highest BCUT2D eigenvalue weighted by molar-refractivity contribution is 6.38. The molecule has 1 amide bonds. The molecule has 0 atom stereocenters. The molecule has 2 aliphatic rings. The molecule has 1 aromatic heterocycles. The smallest absolute Gasteiger partial charge is 0.260 e. The molecule has 0 radical (unpaired) electrons. The van der Waals surface area contributed by atoms with E-state index in [1.54, 1.807) is 12.1 Å². The molecule has 2 heterocycles.